The van der Waals surface area contributed by atoms with Crippen LogP contribution in [0.1, 0.15) is 10.5 Å². The molecular formula is C19H16N2O5. The first-order chi connectivity index (χ1) is 12.5. The molecule has 0 fully saturated rings. The molecule has 0 spiro atoms. The molecule has 0 bridgehead atoms. The Balaban J connectivity index is 1.82. The molecule has 3 rings (SSSR count). The average Bonchev–Trinajstić information content (AvgIpc) is 2.65. The number of amides is 1. The first kappa shape index (κ1) is 17.4. The maximum atomic E-state index is 12.0. The summed E-state index contributed by atoms with van der Waals surface area (Å²) >= 11 is 0. The number of nitrogens with zero attached hydrogens (tertiary/aromatic N) is 1. The lowest BCUT2D eigenvalue weighted by molar-refractivity contribution is -0.146. The maximum absolute atomic E-state index is 12.0. The van der Waals surface area contributed by atoms with E-state index < -0.39 is 24.5 Å². The summed E-state index contributed by atoms with van der Waals surface area (Å²) in [4.78, 5) is 26.5. The largest absolute Gasteiger partial charge is 0.505 e. The molecule has 0 radical (unpaired) electrons. The molecule has 7 heteroatoms. The van der Waals surface area contributed by atoms with Crippen molar-refractivity contribution in [2.24, 2.45) is 0 Å². The van der Waals surface area contributed by atoms with Crippen molar-refractivity contribution < 1.29 is 24.9 Å². The number of benzene rings is 2. The number of hydrogen-bond acceptors (Lipinski definition) is 5. The number of nitrogens with one attached hydrogen (secondary N) is 1. The number of aliphatic hydroxyl groups is 1. The number of hydrogen-bond donors (Lipinski definition) is 4. The molecule has 0 aliphatic carbocycles. The van der Waals surface area contributed by atoms with E-state index in [2.05, 4.69) is 10.3 Å². The number of fused-ring (bicyclic) bond motifs is 1. The Morgan fingerprint density at radius 1 is 1.04 bits per heavy atom. The Kier molecular flexibility index (Phi) is 4.81. The highest BCUT2D eigenvalue weighted by Gasteiger charge is 2.18. The van der Waals surface area contributed by atoms with Crippen molar-refractivity contribution in [1.82, 2.24) is 10.3 Å². The van der Waals surface area contributed by atoms with E-state index in [1.54, 1.807) is 0 Å². The second-order valence-corrected chi connectivity index (χ2v) is 5.72. The molecule has 4 N–H and O–H groups in total. The van der Waals surface area contributed by atoms with Gasteiger partial charge in [0.05, 0.1) is 6.54 Å². The summed E-state index contributed by atoms with van der Waals surface area (Å²) in [7, 11) is 0. The Labute approximate surface area is 148 Å². The zero-order chi connectivity index (χ0) is 18.7. The number of carboxylic acid groups (broad SMARTS) is 1. The third-order valence-electron chi connectivity index (χ3n) is 3.91. The number of aromatic nitrogens is 1. The standard InChI is InChI=1S/C19H16N2O5/c22-15-8-14(13-6-5-11-3-1-2-4-12(11)7-13)9-20-17(15)18(24)21-10-16(23)19(25)26/h1-9,16,22-23H,10H2,(H,21,24)(H,25,26)/t16-/m0/s1. The second kappa shape index (κ2) is 7.20. The SMILES string of the molecule is O=C(NC[C@H](O)C(=O)O)c1ncc(-c2ccc3ccccc3c2)cc1O. The molecular weight excluding hydrogens is 336 g/mol. The Morgan fingerprint density at radius 2 is 1.77 bits per heavy atom. The van der Waals surface area contributed by atoms with Crippen LogP contribution in [-0.4, -0.2) is 44.8 Å². The summed E-state index contributed by atoms with van der Waals surface area (Å²) in [6.07, 6.45) is -0.273. The molecule has 3 aromatic rings. The van der Waals surface area contributed by atoms with Crippen LogP contribution in [0.4, 0.5) is 0 Å². The van der Waals surface area contributed by atoms with E-state index in [1.165, 1.54) is 12.3 Å². The van der Waals surface area contributed by atoms with Gasteiger partial charge in [0.25, 0.3) is 5.91 Å². The molecule has 0 saturated carbocycles. The molecule has 0 aliphatic heterocycles. The van der Waals surface area contributed by atoms with Gasteiger partial charge in [-0.05, 0) is 28.5 Å². The predicted molar refractivity (Wildman–Crippen MR) is 94.8 cm³/mol. The number of aliphatic carboxylic acids is 1. The fraction of sp³-hybridized carbons (Fsp3) is 0.105. The van der Waals surface area contributed by atoms with E-state index in [1.807, 2.05) is 42.5 Å². The molecule has 0 unspecified atom stereocenters. The Bertz CT molecular complexity index is 987. The van der Waals surface area contributed by atoms with Gasteiger partial charge >= 0.3 is 5.97 Å². The Hall–Kier alpha value is -3.45. The van der Waals surface area contributed by atoms with Crippen LogP contribution in [0, 0.1) is 0 Å². The minimum atomic E-state index is -1.72. The number of carbonyl (C=O) groups excluding carboxylic acids is 1. The summed E-state index contributed by atoms with van der Waals surface area (Å²) < 4.78 is 0. The van der Waals surface area contributed by atoms with Crippen LogP contribution in [0.5, 0.6) is 5.75 Å². The van der Waals surface area contributed by atoms with Crippen molar-refractivity contribution in [2.75, 3.05) is 6.54 Å². The number of carboxylic acids is 1. The van der Waals surface area contributed by atoms with Crippen LogP contribution in [-0.2, 0) is 4.79 Å². The summed E-state index contributed by atoms with van der Waals surface area (Å²) in [5.41, 5.74) is 1.22. The van der Waals surface area contributed by atoms with Crippen molar-refractivity contribution >= 4 is 22.6 Å². The van der Waals surface area contributed by atoms with Crippen LogP contribution < -0.4 is 5.32 Å². The van der Waals surface area contributed by atoms with Crippen molar-refractivity contribution in [3.8, 4) is 16.9 Å². The summed E-state index contributed by atoms with van der Waals surface area (Å²) in [5.74, 6) is -2.56. The van der Waals surface area contributed by atoms with Crippen molar-refractivity contribution in [2.45, 2.75) is 6.10 Å². The number of rotatable bonds is 5. The monoisotopic (exact) mass is 352 g/mol. The van der Waals surface area contributed by atoms with Gasteiger partial charge in [0.15, 0.2) is 11.8 Å². The van der Waals surface area contributed by atoms with E-state index in [0.29, 0.717) is 5.56 Å². The zero-order valence-corrected chi connectivity index (χ0v) is 13.6. The van der Waals surface area contributed by atoms with Crippen molar-refractivity contribution in [1.29, 1.82) is 0 Å². The average molecular weight is 352 g/mol. The van der Waals surface area contributed by atoms with Gasteiger partial charge in [-0.2, -0.15) is 0 Å². The number of carbonyl (C=O) groups is 2. The maximum Gasteiger partial charge on any atom is 0.334 e. The van der Waals surface area contributed by atoms with Crippen molar-refractivity contribution in [3.05, 3.63) is 60.4 Å². The fourth-order valence-corrected chi connectivity index (χ4v) is 2.52. The van der Waals surface area contributed by atoms with E-state index in [4.69, 9.17) is 5.11 Å². The first-order valence-electron chi connectivity index (χ1n) is 7.83. The highest BCUT2D eigenvalue weighted by molar-refractivity contribution is 5.96. The van der Waals surface area contributed by atoms with Gasteiger partial charge in [-0.3, -0.25) is 4.79 Å². The molecule has 0 aliphatic rings. The third kappa shape index (κ3) is 3.62. The quantitative estimate of drug-likeness (QED) is 0.556. The van der Waals surface area contributed by atoms with E-state index in [-0.39, 0.29) is 11.4 Å². The first-order valence-corrected chi connectivity index (χ1v) is 7.83. The summed E-state index contributed by atoms with van der Waals surface area (Å²) in [5, 5.41) is 32.2. The number of aromatic hydroxyl groups is 1. The predicted octanol–water partition coefficient (Wildman–Crippen LogP) is 1.78. The van der Waals surface area contributed by atoms with Crippen molar-refractivity contribution in [3.63, 3.8) is 0 Å². The normalized spacial score (nSPS) is 11.9. The lowest BCUT2D eigenvalue weighted by Gasteiger charge is -2.10. The van der Waals surface area contributed by atoms with Crippen LogP contribution in [0.3, 0.4) is 0 Å². The molecule has 1 heterocycles. The second-order valence-electron chi connectivity index (χ2n) is 5.72. The molecule has 2 aromatic carbocycles. The summed E-state index contributed by atoms with van der Waals surface area (Å²) in [6, 6.07) is 15.1. The molecule has 1 atom stereocenters. The molecule has 7 nitrogen and oxygen atoms in total. The van der Waals surface area contributed by atoms with E-state index in [0.717, 1.165) is 16.3 Å². The van der Waals surface area contributed by atoms with Gasteiger partial charge in [0.1, 0.15) is 5.75 Å². The van der Waals surface area contributed by atoms with Gasteiger partial charge in [-0.15, -0.1) is 0 Å². The van der Waals surface area contributed by atoms with E-state index in [9.17, 15) is 19.8 Å². The fourth-order valence-electron chi connectivity index (χ4n) is 2.52. The molecule has 1 aromatic heterocycles. The Morgan fingerprint density at radius 3 is 2.46 bits per heavy atom. The lowest BCUT2D eigenvalue weighted by atomic mass is 10.0. The van der Waals surface area contributed by atoms with Gasteiger partial charge in [0.2, 0.25) is 0 Å². The highest BCUT2D eigenvalue weighted by atomic mass is 16.4. The van der Waals surface area contributed by atoms with Crippen LogP contribution in [0.2, 0.25) is 0 Å². The van der Waals surface area contributed by atoms with Gasteiger partial charge in [-0.1, -0.05) is 36.4 Å². The molecule has 1 amide bonds. The zero-order valence-electron chi connectivity index (χ0n) is 13.6. The minimum absolute atomic E-state index is 0.243. The van der Waals surface area contributed by atoms with E-state index >= 15 is 0 Å². The number of aliphatic hydroxyl groups excluding tert-OH is 1. The third-order valence-corrected chi connectivity index (χ3v) is 3.91. The summed E-state index contributed by atoms with van der Waals surface area (Å²) in [6.45, 7) is -0.484. The highest BCUT2D eigenvalue weighted by Crippen LogP contribution is 2.27. The topological polar surface area (TPSA) is 120 Å². The van der Waals surface area contributed by atoms with Crippen LogP contribution in [0.15, 0.2) is 54.7 Å². The molecule has 132 valence electrons. The van der Waals surface area contributed by atoms with Crippen LogP contribution in [0.25, 0.3) is 21.9 Å². The minimum Gasteiger partial charge on any atom is -0.505 e. The molecule has 0 saturated heterocycles. The van der Waals surface area contributed by atoms with Crippen LogP contribution >= 0.6 is 0 Å². The lowest BCUT2D eigenvalue weighted by Crippen LogP contribution is -2.36. The van der Waals surface area contributed by atoms with Gasteiger partial charge < -0.3 is 20.6 Å². The van der Waals surface area contributed by atoms with Gasteiger partial charge in [0, 0.05) is 11.8 Å². The molecule has 26 heavy (non-hydrogen) atoms. The number of pyridine rings is 1. The smallest absolute Gasteiger partial charge is 0.334 e. The van der Waals surface area contributed by atoms with Gasteiger partial charge in [-0.25, -0.2) is 9.78 Å².